The number of nitrogens with zero attached hydrogens (tertiary/aromatic N) is 2. The summed E-state index contributed by atoms with van der Waals surface area (Å²) in [6.07, 6.45) is 4.75. The number of nitrogens with one attached hydrogen (secondary N) is 3. The molecule has 0 aliphatic carbocycles. The summed E-state index contributed by atoms with van der Waals surface area (Å²) in [5, 5.41) is 15.1. The molecule has 2 rings (SSSR count). The van der Waals surface area contributed by atoms with E-state index in [0.29, 0.717) is 5.95 Å². The molecule has 0 unspecified atom stereocenters. The topological polar surface area (TPSA) is 99.2 Å². The number of anilines is 1. The van der Waals surface area contributed by atoms with Crippen LogP contribution in [-0.2, 0) is 0 Å². The van der Waals surface area contributed by atoms with Crippen molar-refractivity contribution >= 4 is 11.9 Å². The van der Waals surface area contributed by atoms with Crippen LogP contribution in [0, 0.1) is 0 Å². The number of piperidine rings is 1. The second-order valence-corrected chi connectivity index (χ2v) is 4.67. The quantitative estimate of drug-likeness (QED) is 0.451. The summed E-state index contributed by atoms with van der Waals surface area (Å²) >= 11 is 0. The van der Waals surface area contributed by atoms with Gasteiger partial charge in [0.05, 0.1) is 5.56 Å². The highest BCUT2D eigenvalue weighted by atomic mass is 16.5. The van der Waals surface area contributed by atoms with Crippen LogP contribution in [0.1, 0.15) is 30.1 Å². The molecule has 0 atom stereocenters. The van der Waals surface area contributed by atoms with Gasteiger partial charge in [-0.2, -0.15) is 0 Å². The highest BCUT2D eigenvalue weighted by Crippen LogP contribution is 2.21. The zero-order valence-corrected chi connectivity index (χ0v) is 10.2. The Balaban J connectivity index is 2.03. The van der Waals surface area contributed by atoms with Gasteiger partial charge in [-0.05, 0) is 32.9 Å². The van der Waals surface area contributed by atoms with Crippen LogP contribution in [0.3, 0.4) is 0 Å². The number of carbonyl (C=O) groups excluding carboxylic acids is 1. The third kappa shape index (κ3) is 2.93. The Morgan fingerprint density at radius 3 is 2.56 bits per heavy atom. The Hall–Kier alpha value is -1.73. The van der Waals surface area contributed by atoms with E-state index in [1.54, 1.807) is 5.48 Å². The first kappa shape index (κ1) is 12.7. The molecule has 1 fully saturated rings. The Morgan fingerprint density at radius 1 is 1.39 bits per heavy atom. The standard InChI is InChI=1S/C11H17N5O2/c1-11(2-4-12-5-3-11)15-10-13-6-8(7-14-10)9(17)16-18/h6-7,12,18H,2-5H2,1H3,(H,16,17)(H,13,14,15). The van der Waals surface area contributed by atoms with Crippen LogP contribution >= 0.6 is 0 Å². The van der Waals surface area contributed by atoms with Gasteiger partial charge in [-0.25, -0.2) is 15.4 Å². The molecule has 7 heteroatoms. The van der Waals surface area contributed by atoms with E-state index in [2.05, 4.69) is 27.5 Å². The fraction of sp³-hybridized carbons (Fsp3) is 0.545. The highest BCUT2D eigenvalue weighted by molar-refractivity contribution is 5.92. The van der Waals surface area contributed by atoms with Gasteiger partial charge in [-0.15, -0.1) is 0 Å². The molecule has 0 spiro atoms. The van der Waals surface area contributed by atoms with Crippen molar-refractivity contribution in [1.29, 1.82) is 0 Å². The number of carbonyl (C=O) groups is 1. The molecular formula is C11H17N5O2. The van der Waals surface area contributed by atoms with Crippen LogP contribution in [0.2, 0.25) is 0 Å². The molecule has 98 valence electrons. The first-order chi connectivity index (χ1) is 8.63. The van der Waals surface area contributed by atoms with Crippen molar-refractivity contribution in [2.45, 2.75) is 25.3 Å². The SMILES string of the molecule is CC1(Nc2ncc(C(=O)NO)cn2)CCNCC1. The fourth-order valence-electron chi connectivity index (χ4n) is 1.95. The van der Waals surface area contributed by atoms with E-state index in [-0.39, 0.29) is 11.1 Å². The zero-order chi connectivity index (χ0) is 13.0. The maximum Gasteiger partial charge on any atom is 0.277 e. The number of aromatic nitrogens is 2. The van der Waals surface area contributed by atoms with Crippen LogP contribution in [0.4, 0.5) is 5.95 Å². The number of hydrogen-bond acceptors (Lipinski definition) is 6. The van der Waals surface area contributed by atoms with Crippen molar-refractivity contribution in [1.82, 2.24) is 20.8 Å². The molecule has 0 saturated carbocycles. The van der Waals surface area contributed by atoms with Crippen molar-refractivity contribution < 1.29 is 10.0 Å². The van der Waals surface area contributed by atoms with Crippen LogP contribution in [0.5, 0.6) is 0 Å². The van der Waals surface area contributed by atoms with Crippen molar-refractivity contribution in [3.8, 4) is 0 Å². The zero-order valence-electron chi connectivity index (χ0n) is 10.2. The van der Waals surface area contributed by atoms with Gasteiger partial charge < -0.3 is 10.6 Å². The molecule has 1 amide bonds. The van der Waals surface area contributed by atoms with E-state index in [4.69, 9.17) is 5.21 Å². The lowest BCUT2D eigenvalue weighted by Crippen LogP contribution is -2.45. The molecule has 1 saturated heterocycles. The smallest absolute Gasteiger partial charge is 0.277 e. The van der Waals surface area contributed by atoms with Crippen LogP contribution < -0.4 is 16.1 Å². The molecule has 0 bridgehead atoms. The minimum atomic E-state index is -0.616. The average molecular weight is 251 g/mol. The van der Waals surface area contributed by atoms with Crippen LogP contribution in [-0.4, -0.2) is 39.7 Å². The van der Waals surface area contributed by atoms with E-state index in [0.717, 1.165) is 25.9 Å². The molecule has 7 nitrogen and oxygen atoms in total. The van der Waals surface area contributed by atoms with Gasteiger partial charge in [0.15, 0.2) is 0 Å². The second-order valence-electron chi connectivity index (χ2n) is 4.67. The van der Waals surface area contributed by atoms with Crippen molar-refractivity contribution in [3.05, 3.63) is 18.0 Å². The summed E-state index contributed by atoms with van der Waals surface area (Å²) in [5.74, 6) is -0.122. The van der Waals surface area contributed by atoms with Gasteiger partial charge in [0, 0.05) is 17.9 Å². The molecule has 1 aromatic heterocycles. The molecule has 0 aromatic carbocycles. The maximum atomic E-state index is 11.1. The van der Waals surface area contributed by atoms with Gasteiger partial charge in [0.2, 0.25) is 5.95 Å². The van der Waals surface area contributed by atoms with Crippen molar-refractivity contribution in [3.63, 3.8) is 0 Å². The Morgan fingerprint density at radius 2 is 2.00 bits per heavy atom. The number of amides is 1. The van der Waals surface area contributed by atoms with Crippen LogP contribution in [0.15, 0.2) is 12.4 Å². The highest BCUT2D eigenvalue weighted by Gasteiger charge is 2.27. The monoisotopic (exact) mass is 251 g/mol. The first-order valence-corrected chi connectivity index (χ1v) is 5.88. The van der Waals surface area contributed by atoms with Gasteiger partial charge in [-0.1, -0.05) is 0 Å². The van der Waals surface area contributed by atoms with Crippen molar-refractivity contribution in [2.75, 3.05) is 18.4 Å². The summed E-state index contributed by atoms with van der Waals surface area (Å²) in [7, 11) is 0. The second kappa shape index (κ2) is 5.28. The van der Waals surface area contributed by atoms with Gasteiger partial charge in [0.1, 0.15) is 0 Å². The molecular weight excluding hydrogens is 234 g/mol. The van der Waals surface area contributed by atoms with E-state index < -0.39 is 5.91 Å². The van der Waals surface area contributed by atoms with Gasteiger partial charge >= 0.3 is 0 Å². The third-order valence-corrected chi connectivity index (χ3v) is 3.14. The average Bonchev–Trinajstić information content (AvgIpc) is 2.39. The lowest BCUT2D eigenvalue weighted by Gasteiger charge is -2.34. The molecule has 1 aliphatic rings. The summed E-state index contributed by atoms with van der Waals surface area (Å²) < 4.78 is 0. The van der Waals surface area contributed by atoms with Crippen LogP contribution in [0.25, 0.3) is 0 Å². The number of rotatable bonds is 3. The minimum Gasteiger partial charge on any atom is -0.349 e. The van der Waals surface area contributed by atoms with E-state index in [9.17, 15) is 4.79 Å². The normalized spacial score (nSPS) is 18.1. The summed E-state index contributed by atoms with van der Waals surface area (Å²) in [4.78, 5) is 19.3. The lowest BCUT2D eigenvalue weighted by molar-refractivity contribution is 0.0705. The fourth-order valence-corrected chi connectivity index (χ4v) is 1.95. The lowest BCUT2D eigenvalue weighted by atomic mass is 9.91. The van der Waals surface area contributed by atoms with E-state index in [1.165, 1.54) is 12.4 Å². The molecule has 1 aliphatic heterocycles. The molecule has 2 heterocycles. The van der Waals surface area contributed by atoms with Gasteiger partial charge in [0.25, 0.3) is 5.91 Å². The molecule has 4 N–H and O–H groups in total. The van der Waals surface area contributed by atoms with Crippen molar-refractivity contribution in [2.24, 2.45) is 0 Å². The molecule has 0 radical (unpaired) electrons. The largest absolute Gasteiger partial charge is 0.349 e. The molecule has 18 heavy (non-hydrogen) atoms. The third-order valence-electron chi connectivity index (χ3n) is 3.14. The van der Waals surface area contributed by atoms with E-state index >= 15 is 0 Å². The predicted molar refractivity (Wildman–Crippen MR) is 65.4 cm³/mol. The summed E-state index contributed by atoms with van der Waals surface area (Å²) in [6, 6.07) is 0. The van der Waals surface area contributed by atoms with Gasteiger partial charge in [-0.3, -0.25) is 10.0 Å². The summed E-state index contributed by atoms with van der Waals surface area (Å²) in [5.41, 5.74) is 1.74. The number of hydrogen-bond donors (Lipinski definition) is 4. The predicted octanol–water partition coefficient (Wildman–Crippen LogP) is 0.150. The Bertz CT molecular complexity index is 414. The Kier molecular flexibility index (Phi) is 3.73. The minimum absolute atomic E-state index is 0.0218. The first-order valence-electron chi connectivity index (χ1n) is 5.88. The summed E-state index contributed by atoms with van der Waals surface area (Å²) in [6.45, 7) is 4.06. The number of hydroxylamine groups is 1. The van der Waals surface area contributed by atoms with E-state index in [1.807, 2.05) is 0 Å². The molecule has 1 aromatic rings. The maximum absolute atomic E-state index is 11.1. The Labute approximate surface area is 105 Å².